The number of carbonyl (C=O) groups excluding carboxylic acids is 2. The monoisotopic (exact) mass is 387 g/mol. The van der Waals surface area contributed by atoms with Crippen LogP contribution in [0.25, 0.3) is 0 Å². The average molecular weight is 387 g/mol. The summed E-state index contributed by atoms with van der Waals surface area (Å²) in [5, 5.41) is 4.07. The maximum absolute atomic E-state index is 12.9. The molecule has 2 aromatic rings. The Morgan fingerprint density at radius 3 is 2.79 bits per heavy atom. The Kier molecular flexibility index (Phi) is 4.88. The summed E-state index contributed by atoms with van der Waals surface area (Å²) < 4.78 is 6.66. The first-order chi connectivity index (χ1) is 13.6. The van der Waals surface area contributed by atoms with E-state index in [9.17, 15) is 9.59 Å². The SMILES string of the molecule is COCC(=O)N1CCc2[nH]cnc2C12CCN(C(=O)[C@@H](C)n1cncn1)CC2. The Morgan fingerprint density at radius 2 is 2.11 bits per heavy atom. The fraction of sp³-hybridized carbons (Fsp3) is 0.611. The van der Waals surface area contributed by atoms with Crippen LogP contribution in [-0.4, -0.2) is 79.7 Å². The summed E-state index contributed by atoms with van der Waals surface area (Å²) >= 11 is 0. The van der Waals surface area contributed by atoms with E-state index in [-0.39, 0.29) is 18.4 Å². The van der Waals surface area contributed by atoms with E-state index in [1.54, 1.807) is 17.3 Å². The van der Waals surface area contributed by atoms with Gasteiger partial charge in [0.25, 0.3) is 0 Å². The Balaban J connectivity index is 1.55. The van der Waals surface area contributed by atoms with Crippen LogP contribution in [0.4, 0.5) is 0 Å². The molecule has 0 radical (unpaired) electrons. The van der Waals surface area contributed by atoms with Gasteiger partial charge in [-0.1, -0.05) is 0 Å². The highest BCUT2D eigenvalue weighted by Crippen LogP contribution is 2.42. The topological polar surface area (TPSA) is 109 Å². The third-order valence-electron chi connectivity index (χ3n) is 5.92. The molecule has 2 aliphatic rings. The van der Waals surface area contributed by atoms with Crippen LogP contribution in [0.1, 0.15) is 37.2 Å². The van der Waals surface area contributed by atoms with Gasteiger partial charge >= 0.3 is 0 Å². The van der Waals surface area contributed by atoms with Crippen molar-refractivity contribution in [1.82, 2.24) is 34.5 Å². The maximum Gasteiger partial charge on any atom is 0.249 e. The summed E-state index contributed by atoms with van der Waals surface area (Å²) in [6.45, 7) is 3.61. The van der Waals surface area contributed by atoms with Crippen LogP contribution in [0, 0.1) is 0 Å². The van der Waals surface area contributed by atoms with Crippen molar-refractivity contribution in [2.45, 2.75) is 37.8 Å². The zero-order valence-corrected chi connectivity index (χ0v) is 16.2. The molecule has 0 aliphatic carbocycles. The van der Waals surface area contributed by atoms with E-state index in [1.165, 1.54) is 13.4 Å². The van der Waals surface area contributed by atoms with Gasteiger partial charge in [0.2, 0.25) is 11.8 Å². The standard InChI is InChI=1S/C18H25N7O3/c1-13(25-12-19-10-22-25)17(27)23-7-4-18(5-8-23)16-14(20-11-21-16)3-6-24(18)15(26)9-28-2/h10-13H,3-9H2,1-2H3,(H,20,21)/t13-/m1/s1. The van der Waals surface area contributed by atoms with E-state index in [4.69, 9.17) is 4.74 Å². The van der Waals surface area contributed by atoms with Crippen LogP contribution in [0.5, 0.6) is 0 Å². The molecule has 150 valence electrons. The minimum atomic E-state index is -0.490. The van der Waals surface area contributed by atoms with Crippen LogP contribution in [0.3, 0.4) is 0 Å². The van der Waals surface area contributed by atoms with Crippen LogP contribution < -0.4 is 0 Å². The molecule has 4 rings (SSSR count). The van der Waals surface area contributed by atoms with Crippen molar-refractivity contribution in [2.24, 2.45) is 0 Å². The Bertz CT molecular complexity index is 839. The van der Waals surface area contributed by atoms with E-state index in [1.807, 2.05) is 16.7 Å². The van der Waals surface area contributed by atoms with Gasteiger partial charge in [0.1, 0.15) is 25.3 Å². The molecule has 1 saturated heterocycles. The van der Waals surface area contributed by atoms with Gasteiger partial charge in [0.05, 0.1) is 17.6 Å². The molecule has 0 aromatic carbocycles. The zero-order valence-electron chi connectivity index (χ0n) is 16.2. The minimum absolute atomic E-state index is 0.00757. The number of aromatic amines is 1. The van der Waals surface area contributed by atoms with Crippen molar-refractivity contribution in [3.63, 3.8) is 0 Å². The molecule has 10 nitrogen and oxygen atoms in total. The van der Waals surface area contributed by atoms with Gasteiger partial charge in [-0.05, 0) is 19.8 Å². The summed E-state index contributed by atoms with van der Waals surface area (Å²) in [6, 6.07) is -0.407. The van der Waals surface area contributed by atoms with E-state index < -0.39 is 11.6 Å². The molecule has 2 aromatic heterocycles. The number of amides is 2. The summed E-state index contributed by atoms with van der Waals surface area (Å²) in [4.78, 5) is 41.1. The number of ether oxygens (including phenoxy) is 1. The maximum atomic E-state index is 12.9. The van der Waals surface area contributed by atoms with E-state index >= 15 is 0 Å². The van der Waals surface area contributed by atoms with Gasteiger partial charge in [-0.15, -0.1) is 0 Å². The van der Waals surface area contributed by atoms with Crippen molar-refractivity contribution in [1.29, 1.82) is 0 Å². The highest BCUT2D eigenvalue weighted by molar-refractivity contribution is 5.81. The molecule has 28 heavy (non-hydrogen) atoms. The van der Waals surface area contributed by atoms with Gasteiger partial charge in [-0.3, -0.25) is 9.59 Å². The number of nitrogens with one attached hydrogen (secondary N) is 1. The Morgan fingerprint density at radius 1 is 1.32 bits per heavy atom. The highest BCUT2D eigenvalue weighted by atomic mass is 16.5. The molecule has 0 bridgehead atoms. The van der Waals surface area contributed by atoms with Crippen molar-refractivity contribution < 1.29 is 14.3 Å². The first kappa shape index (κ1) is 18.6. The predicted molar refractivity (Wildman–Crippen MR) is 98.1 cm³/mol. The lowest BCUT2D eigenvalue weighted by Gasteiger charge is -2.50. The number of fused-ring (bicyclic) bond motifs is 2. The summed E-state index contributed by atoms with van der Waals surface area (Å²) in [6.07, 6.45) is 6.72. The summed E-state index contributed by atoms with van der Waals surface area (Å²) in [5.41, 5.74) is 1.52. The second-order valence-electron chi connectivity index (χ2n) is 7.37. The van der Waals surface area contributed by atoms with Crippen LogP contribution in [0.15, 0.2) is 19.0 Å². The number of likely N-dealkylation sites (tertiary alicyclic amines) is 1. The molecule has 1 spiro atoms. The number of hydrogen-bond donors (Lipinski definition) is 1. The van der Waals surface area contributed by atoms with Crippen LogP contribution >= 0.6 is 0 Å². The van der Waals surface area contributed by atoms with Crippen molar-refractivity contribution >= 4 is 11.8 Å². The number of aromatic nitrogens is 5. The third kappa shape index (κ3) is 2.97. The average Bonchev–Trinajstić information content (AvgIpc) is 3.40. The lowest BCUT2D eigenvalue weighted by atomic mass is 9.78. The highest BCUT2D eigenvalue weighted by Gasteiger charge is 2.49. The van der Waals surface area contributed by atoms with Crippen LogP contribution in [0.2, 0.25) is 0 Å². The lowest BCUT2D eigenvalue weighted by molar-refractivity contribution is -0.148. The quantitative estimate of drug-likeness (QED) is 0.798. The number of piperidine rings is 1. The van der Waals surface area contributed by atoms with Gasteiger partial charge in [-0.25, -0.2) is 14.6 Å². The molecule has 1 fully saturated rings. The second kappa shape index (κ2) is 7.34. The van der Waals surface area contributed by atoms with Gasteiger partial charge < -0.3 is 19.5 Å². The first-order valence-corrected chi connectivity index (χ1v) is 9.52. The molecule has 1 N–H and O–H groups in total. The minimum Gasteiger partial charge on any atom is -0.375 e. The Labute approximate surface area is 162 Å². The third-order valence-corrected chi connectivity index (χ3v) is 5.92. The Hall–Kier alpha value is -2.75. The summed E-state index contributed by atoms with van der Waals surface area (Å²) in [5.74, 6) is -0.0277. The summed E-state index contributed by atoms with van der Waals surface area (Å²) in [7, 11) is 1.53. The van der Waals surface area contributed by atoms with Crippen LogP contribution in [-0.2, 0) is 26.3 Å². The van der Waals surface area contributed by atoms with E-state index in [0.29, 0.717) is 32.5 Å². The number of methoxy groups -OCH3 is 1. The second-order valence-corrected chi connectivity index (χ2v) is 7.37. The van der Waals surface area contributed by atoms with Crippen molar-refractivity contribution in [3.8, 4) is 0 Å². The fourth-order valence-electron chi connectivity index (χ4n) is 4.44. The number of carbonyl (C=O) groups is 2. The van der Waals surface area contributed by atoms with E-state index in [2.05, 4.69) is 20.1 Å². The number of H-pyrrole nitrogens is 1. The molecule has 1 atom stereocenters. The smallest absolute Gasteiger partial charge is 0.249 e. The zero-order chi connectivity index (χ0) is 19.7. The fourth-order valence-corrected chi connectivity index (χ4v) is 4.44. The molecule has 2 aliphatic heterocycles. The van der Waals surface area contributed by atoms with Gasteiger partial charge in [0.15, 0.2) is 0 Å². The number of nitrogens with zero attached hydrogens (tertiary/aromatic N) is 6. The van der Waals surface area contributed by atoms with Crippen molar-refractivity contribution in [3.05, 3.63) is 30.4 Å². The van der Waals surface area contributed by atoms with Gasteiger partial charge in [-0.2, -0.15) is 5.10 Å². The first-order valence-electron chi connectivity index (χ1n) is 9.52. The molecule has 4 heterocycles. The molecular formula is C18H25N7O3. The van der Waals surface area contributed by atoms with Crippen molar-refractivity contribution in [2.75, 3.05) is 33.4 Å². The largest absolute Gasteiger partial charge is 0.375 e. The molecule has 10 heteroatoms. The lowest BCUT2D eigenvalue weighted by Crippen LogP contribution is -2.59. The number of rotatable bonds is 4. The molecule has 0 saturated carbocycles. The number of imidazole rings is 1. The molecular weight excluding hydrogens is 362 g/mol. The predicted octanol–water partition coefficient (Wildman–Crippen LogP) is 0.111. The van der Waals surface area contributed by atoms with E-state index in [0.717, 1.165) is 17.8 Å². The molecule has 0 unspecified atom stereocenters. The number of hydrogen-bond acceptors (Lipinski definition) is 6. The normalized spacial score (nSPS) is 19.5. The molecule has 2 amide bonds. The van der Waals surface area contributed by atoms with Gasteiger partial charge in [0, 0.05) is 38.9 Å².